The quantitative estimate of drug-likeness (QED) is 0.848. The highest BCUT2D eigenvalue weighted by atomic mass is 16.5. The summed E-state index contributed by atoms with van der Waals surface area (Å²) in [6.07, 6.45) is 7.07. The van der Waals surface area contributed by atoms with Crippen molar-refractivity contribution < 1.29 is 9.84 Å². The first-order valence-corrected chi connectivity index (χ1v) is 8.48. The molecule has 5 atom stereocenters. The molecule has 21 heavy (non-hydrogen) atoms. The molecule has 0 aliphatic heterocycles. The second-order valence-electron chi connectivity index (χ2n) is 7.62. The van der Waals surface area contributed by atoms with Gasteiger partial charge < -0.3 is 9.84 Å². The smallest absolute Gasteiger partial charge is 0.119 e. The molecule has 3 aliphatic rings. The van der Waals surface area contributed by atoms with Crippen LogP contribution < -0.4 is 4.74 Å². The van der Waals surface area contributed by atoms with Gasteiger partial charge >= 0.3 is 0 Å². The van der Waals surface area contributed by atoms with Crippen molar-refractivity contribution in [2.24, 2.45) is 17.3 Å². The van der Waals surface area contributed by atoms with Gasteiger partial charge in [-0.05, 0) is 85.0 Å². The molecule has 0 amide bonds. The number of fused-ring (bicyclic) bond motifs is 5. The van der Waals surface area contributed by atoms with Gasteiger partial charge in [-0.3, -0.25) is 0 Å². The molecule has 0 heterocycles. The topological polar surface area (TPSA) is 29.5 Å². The predicted molar refractivity (Wildman–Crippen MR) is 83.6 cm³/mol. The van der Waals surface area contributed by atoms with Crippen molar-refractivity contribution >= 4 is 0 Å². The standard InChI is InChI=1S/C19H26O2/c1-19-10-9-15-14-6-4-13(21-2)11-12(14)3-5-16(15)17(19)7-8-18(19)20/h4,6,11,15-18,20H,3,5,7-10H2,1-2H3/t15-,16-,17+,18-,19-/m1/s1. The summed E-state index contributed by atoms with van der Waals surface area (Å²) in [7, 11) is 1.75. The Morgan fingerprint density at radius 3 is 2.86 bits per heavy atom. The molecule has 1 aromatic carbocycles. The summed E-state index contributed by atoms with van der Waals surface area (Å²) in [6.45, 7) is 2.34. The van der Waals surface area contributed by atoms with E-state index >= 15 is 0 Å². The van der Waals surface area contributed by atoms with E-state index < -0.39 is 0 Å². The highest BCUT2D eigenvalue weighted by Gasteiger charge is 2.54. The number of hydrogen-bond donors (Lipinski definition) is 1. The van der Waals surface area contributed by atoms with E-state index in [1.165, 1.54) is 37.7 Å². The van der Waals surface area contributed by atoms with Crippen molar-refractivity contribution in [1.29, 1.82) is 0 Å². The lowest BCUT2D eigenvalue weighted by atomic mass is 9.55. The number of aryl methyl sites for hydroxylation is 1. The minimum Gasteiger partial charge on any atom is -0.497 e. The molecule has 2 saturated carbocycles. The predicted octanol–water partition coefficient (Wildman–Crippen LogP) is 3.91. The van der Waals surface area contributed by atoms with Crippen LogP contribution >= 0.6 is 0 Å². The van der Waals surface area contributed by atoms with Crippen LogP contribution in [0, 0.1) is 17.3 Å². The van der Waals surface area contributed by atoms with Gasteiger partial charge in [0, 0.05) is 0 Å². The minimum absolute atomic E-state index is 0.0688. The first-order chi connectivity index (χ1) is 10.1. The molecule has 2 heteroatoms. The van der Waals surface area contributed by atoms with Crippen LogP contribution in [0.15, 0.2) is 18.2 Å². The van der Waals surface area contributed by atoms with Crippen LogP contribution in [0.1, 0.15) is 56.1 Å². The maximum absolute atomic E-state index is 10.4. The Morgan fingerprint density at radius 1 is 1.19 bits per heavy atom. The molecule has 0 unspecified atom stereocenters. The summed E-state index contributed by atoms with van der Waals surface area (Å²) >= 11 is 0. The number of hydrogen-bond acceptors (Lipinski definition) is 2. The second-order valence-corrected chi connectivity index (χ2v) is 7.62. The number of benzene rings is 1. The zero-order chi connectivity index (χ0) is 14.6. The Hall–Kier alpha value is -1.02. The van der Waals surface area contributed by atoms with Gasteiger partial charge in [0.25, 0.3) is 0 Å². The van der Waals surface area contributed by atoms with Gasteiger partial charge in [-0.15, -0.1) is 0 Å². The van der Waals surface area contributed by atoms with E-state index in [4.69, 9.17) is 4.74 Å². The molecule has 2 nitrogen and oxygen atoms in total. The number of rotatable bonds is 1. The normalized spacial score (nSPS) is 41.1. The molecular weight excluding hydrogens is 260 g/mol. The molecule has 0 saturated heterocycles. The van der Waals surface area contributed by atoms with Crippen molar-refractivity contribution in [2.45, 2.75) is 57.5 Å². The van der Waals surface area contributed by atoms with Crippen LogP contribution in [0.4, 0.5) is 0 Å². The summed E-state index contributed by atoms with van der Waals surface area (Å²) in [5.74, 6) is 3.20. The maximum atomic E-state index is 10.4. The summed E-state index contributed by atoms with van der Waals surface area (Å²) in [5, 5.41) is 10.4. The third-order valence-electron chi connectivity index (χ3n) is 6.88. The van der Waals surface area contributed by atoms with Crippen LogP contribution in [0.2, 0.25) is 0 Å². The van der Waals surface area contributed by atoms with E-state index in [0.717, 1.165) is 24.0 Å². The molecular formula is C19H26O2. The Balaban J connectivity index is 1.68. The van der Waals surface area contributed by atoms with E-state index in [0.29, 0.717) is 5.92 Å². The first kappa shape index (κ1) is 13.6. The van der Waals surface area contributed by atoms with Crippen LogP contribution in [0.5, 0.6) is 5.75 Å². The lowest BCUT2D eigenvalue weighted by Crippen LogP contribution is -2.43. The fraction of sp³-hybridized carbons (Fsp3) is 0.684. The number of ether oxygens (including phenoxy) is 1. The molecule has 0 bridgehead atoms. The van der Waals surface area contributed by atoms with Crippen LogP contribution in [-0.4, -0.2) is 18.3 Å². The largest absolute Gasteiger partial charge is 0.497 e. The average molecular weight is 286 g/mol. The van der Waals surface area contributed by atoms with E-state index in [1.54, 1.807) is 12.7 Å². The van der Waals surface area contributed by atoms with Crippen molar-refractivity contribution in [3.63, 3.8) is 0 Å². The van der Waals surface area contributed by atoms with Crippen molar-refractivity contribution in [3.05, 3.63) is 29.3 Å². The molecule has 2 fully saturated rings. The van der Waals surface area contributed by atoms with E-state index in [9.17, 15) is 5.11 Å². The molecule has 0 aromatic heterocycles. The van der Waals surface area contributed by atoms with Gasteiger partial charge in [0.15, 0.2) is 0 Å². The van der Waals surface area contributed by atoms with E-state index in [-0.39, 0.29) is 11.5 Å². The maximum Gasteiger partial charge on any atom is 0.119 e. The zero-order valence-electron chi connectivity index (χ0n) is 13.1. The van der Waals surface area contributed by atoms with Crippen molar-refractivity contribution in [2.75, 3.05) is 7.11 Å². The van der Waals surface area contributed by atoms with Gasteiger partial charge in [-0.2, -0.15) is 0 Å². The van der Waals surface area contributed by atoms with Crippen LogP contribution in [0.3, 0.4) is 0 Å². The highest BCUT2D eigenvalue weighted by molar-refractivity contribution is 5.40. The van der Waals surface area contributed by atoms with Crippen LogP contribution in [-0.2, 0) is 6.42 Å². The Kier molecular flexibility index (Phi) is 3.08. The van der Waals surface area contributed by atoms with Crippen molar-refractivity contribution in [1.82, 2.24) is 0 Å². The van der Waals surface area contributed by atoms with Gasteiger partial charge in [-0.25, -0.2) is 0 Å². The Morgan fingerprint density at radius 2 is 2.05 bits per heavy atom. The average Bonchev–Trinajstić information content (AvgIpc) is 2.82. The Labute approximate surface area is 127 Å². The van der Waals surface area contributed by atoms with Crippen molar-refractivity contribution in [3.8, 4) is 5.75 Å². The molecule has 4 rings (SSSR count). The van der Waals surface area contributed by atoms with E-state index in [2.05, 4.69) is 25.1 Å². The third-order valence-corrected chi connectivity index (χ3v) is 6.88. The van der Waals surface area contributed by atoms with E-state index in [1.807, 2.05) is 0 Å². The van der Waals surface area contributed by atoms with Crippen LogP contribution in [0.25, 0.3) is 0 Å². The zero-order valence-corrected chi connectivity index (χ0v) is 13.1. The first-order valence-electron chi connectivity index (χ1n) is 8.48. The second kappa shape index (κ2) is 4.74. The molecule has 1 N–H and O–H groups in total. The SMILES string of the molecule is COc1ccc2c(c1)CC[C@@H]1[C@@H]2CC[C@@]2(C)[C@H](O)CC[C@@H]12. The lowest BCUT2D eigenvalue weighted by molar-refractivity contribution is -0.0226. The fourth-order valence-corrected chi connectivity index (χ4v) is 5.66. The molecule has 0 spiro atoms. The van der Waals surface area contributed by atoms with Gasteiger partial charge in [0.1, 0.15) is 5.75 Å². The van der Waals surface area contributed by atoms with Gasteiger partial charge in [-0.1, -0.05) is 13.0 Å². The Bertz CT molecular complexity index is 552. The number of methoxy groups -OCH3 is 1. The van der Waals surface area contributed by atoms with Gasteiger partial charge in [0.2, 0.25) is 0 Å². The monoisotopic (exact) mass is 286 g/mol. The summed E-state index contributed by atoms with van der Waals surface area (Å²) in [6, 6.07) is 6.67. The molecule has 3 aliphatic carbocycles. The minimum atomic E-state index is -0.0688. The number of aliphatic hydroxyl groups is 1. The summed E-state index contributed by atoms with van der Waals surface area (Å²) in [5.41, 5.74) is 3.25. The summed E-state index contributed by atoms with van der Waals surface area (Å²) in [4.78, 5) is 0. The summed E-state index contributed by atoms with van der Waals surface area (Å²) < 4.78 is 5.38. The molecule has 0 radical (unpaired) electrons. The lowest BCUT2D eigenvalue weighted by Gasteiger charge is -2.50. The molecule has 114 valence electrons. The fourth-order valence-electron chi connectivity index (χ4n) is 5.66. The molecule has 1 aromatic rings. The number of aliphatic hydroxyl groups excluding tert-OH is 1. The third kappa shape index (κ3) is 1.88. The van der Waals surface area contributed by atoms with Gasteiger partial charge in [0.05, 0.1) is 13.2 Å². The highest BCUT2D eigenvalue weighted by Crippen LogP contribution is 2.60.